The van der Waals surface area contributed by atoms with E-state index < -0.39 is 0 Å². The van der Waals surface area contributed by atoms with Gasteiger partial charge in [-0.15, -0.1) is 10.2 Å². The Morgan fingerprint density at radius 2 is 2.25 bits per heavy atom. The van der Waals surface area contributed by atoms with Gasteiger partial charge in [0.2, 0.25) is 11.0 Å². The fourth-order valence-electron chi connectivity index (χ4n) is 3.20. The van der Waals surface area contributed by atoms with Gasteiger partial charge in [-0.05, 0) is 32.2 Å². The zero-order valence-electron chi connectivity index (χ0n) is 13.6. The third-order valence-electron chi connectivity index (χ3n) is 4.68. The van der Waals surface area contributed by atoms with Crippen LogP contribution in [0.4, 0.5) is 5.13 Å². The van der Waals surface area contributed by atoms with E-state index in [1.807, 2.05) is 6.20 Å². The number of likely N-dealkylation sites (tertiary alicyclic amines) is 1. The van der Waals surface area contributed by atoms with E-state index in [1.165, 1.54) is 24.2 Å². The van der Waals surface area contributed by atoms with Gasteiger partial charge in [-0.3, -0.25) is 4.79 Å². The average Bonchev–Trinajstić information content (AvgIpc) is 3.11. The summed E-state index contributed by atoms with van der Waals surface area (Å²) in [5, 5.41) is 12.8. The Labute approximate surface area is 144 Å². The number of amides is 1. The number of aromatic nitrogens is 4. The van der Waals surface area contributed by atoms with Crippen LogP contribution in [0.3, 0.4) is 0 Å². The normalized spacial score (nSPS) is 21.8. The Morgan fingerprint density at radius 1 is 1.33 bits per heavy atom. The largest absolute Gasteiger partial charge is 0.348 e. The van der Waals surface area contributed by atoms with Crippen LogP contribution in [-0.2, 0) is 4.79 Å². The van der Waals surface area contributed by atoms with Gasteiger partial charge in [0.15, 0.2) is 0 Å². The monoisotopic (exact) mass is 346 g/mol. The lowest BCUT2D eigenvalue weighted by molar-refractivity contribution is -0.116. The lowest BCUT2D eigenvalue weighted by Gasteiger charge is -2.31. The number of carbonyl (C=O) groups excluding carboxylic acids is 1. The minimum absolute atomic E-state index is 0.0219. The maximum Gasteiger partial charge on any atom is 0.227 e. The second-order valence-electron chi connectivity index (χ2n) is 6.63. The molecular weight excluding hydrogens is 324 g/mol. The molecule has 2 N–H and O–H groups in total. The van der Waals surface area contributed by atoms with Crippen LogP contribution in [-0.4, -0.2) is 50.6 Å². The Morgan fingerprint density at radius 3 is 3.04 bits per heavy atom. The zero-order valence-corrected chi connectivity index (χ0v) is 14.4. The van der Waals surface area contributed by atoms with Gasteiger partial charge in [-0.2, -0.15) is 0 Å². The summed E-state index contributed by atoms with van der Waals surface area (Å²) in [5.74, 6) is 2.11. The molecule has 7 nitrogen and oxygen atoms in total. The van der Waals surface area contributed by atoms with Crippen LogP contribution >= 0.6 is 11.3 Å². The maximum absolute atomic E-state index is 12.1. The topological polar surface area (TPSA) is 86.8 Å². The molecule has 8 heteroatoms. The number of anilines is 1. The highest BCUT2D eigenvalue weighted by Crippen LogP contribution is 2.42. The summed E-state index contributed by atoms with van der Waals surface area (Å²) in [6.07, 6.45) is 8.88. The molecule has 4 rings (SSSR count). The second kappa shape index (κ2) is 6.98. The standard InChI is InChI=1S/C16H22N6OS/c23-13(19-16-21-20-15(24-16)11-3-4-11)5-9-22-8-1-2-12(10-22)14-17-6-7-18-14/h6-7,11-12H,1-5,8-10H2,(H,17,18)(H,19,21,23). The molecule has 128 valence electrons. The summed E-state index contributed by atoms with van der Waals surface area (Å²) in [5.41, 5.74) is 0. The Kier molecular flexibility index (Phi) is 4.57. The molecular formula is C16H22N6OS. The van der Waals surface area contributed by atoms with E-state index in [9.17, 15) is 4.79 Å². The van der Waals surface area contributed by atoms with Gasteiger partial charge in [0.25, 0.3) is 0 Å². The van der Waals surface area contributed by atoms with Gasteiger partial charge < -0.3 is 15.2 Å². The van der Waals surface area contributed by atoms with E-state index in [1.54, 1.807) is 6.20 Å². The first kappa shape index (κ1) is 15.7. The molecule has 1 aliphatic carbocycles. The summed E-state index contributed by atoms with van der Waals surface area (Å²) >= 11 is 1.51. The molecule has 1 unspecified atom stereocenters. The maximum atomic E-state index is 12.1. The van der Waals surface area contributed by atoms with Crippen molar-refractivity contribution in [1.29, 1.82) is 0 Å². The van der Waals surface area contributed by atoms with E-state index in [0.717, 1.165) is 43.3 Å². The van der Waals surface area contributed by atoms with Gasteiger partial charge >= 0.3 is 0 Å². The first-order valence-electron chi connectivity index (χ1n) is 8.63. The Hall–Kier alpha value is -1.80. The molecule has 0 spiro atoms. The quantitative estimate of drug-likeness (QED) is 0.838. The molecule has 2 fully saturated rings. The molecule has 0 bridgehead atoms. The van der Waals surface area contributed by atoms with Gasteiger partial charge in [0.05, 0.1) is 0 Å². The number of H-pyrrole nitrogens is 1. The van der Waals surface area contributed by atoms with Crippen molar-refractivity contribution in [1.82, 2.24) is 25.1 Å². The van der Waals surface area contributed by atoms with Crippen LogP contribution < -0.4 is 5.32 Å². The van der Waals surface area contributed by atoms with Crippen molar-refractivity contribution in [2.45, 2.75) is 43.9 Å². The number of rotatable bonds is 6. The number of aromatic amines is 1. The van der Waals surface area contributed by atoms with Crippen molar-refractivity contribution in [3.05, 3.63) is 23.2 Å². The van der Waals surface area contributed by atoms with Gasteiger partial charge in [-0.25, -0.2) is 4.98 Å². The van der Waals surface area contributed by atoms with Crippen LogP contribution in [0.15, 0.2) is 12.4 Å². The van der Waals surface area contributed by atoms with Crippen molar-refractivity contribution < 1.29 is 4.79 Å². The van der Waals surface area contributed by atoms with E-state index in [0.29, 0.717) is 23.4 Å². The number of hydrogen-bond acceptors (Lipinski definition) is 6. The zero-order chi connectivity index (χ0) is 16.4. The third-order valence-corrected chi connectivity index (χ3v) is 5.68. The molecule has 24 heavy (non-hydrogen) atoms. The molecule has 0 radical (unpaired) electrons. The van der Waals surface area contributed by atoms with E-state index >= 15 is 0 Å². The van der Waals surface area contributed by atoms with Crippen molar-refractivity contribution in [3.63, 3.8) is 0 Å². The van der Waals surface area contributed by atoms with Crippen molar-refractivity contribution in [3.8, 4) is 0 Å². The molecule has 3 heterocycles. The number of imidazole rings is 1. The molecule has 1 saturated carbocycles. The average molecular weight is 346 g/mol. The minimum atomic E-state index is 0.0219. The van der Waals surface area contributed by atoms with Crippen LogP contribution in [0, 0.1) is 0 Å². The highest BCUT2D eigenvalue weighted by atomic mass is 32.1. The minimum Gasteiger partial charge on any atom is -0.348 e. The van der Waals surface area contributed by atoms with Crippen LogP contribution in [0.25, 0.3) is 0 Å². The van der Waals surface area contributed by atoms with E-state index in [4.69, 9.17) is 0 Å². The number of nitrogens with zero attached hydrogens (tertiary/aromatic N) is 4. The van der Waals surface area contributed by atoms with E-state index in [2.05, 4.69) is 30.4 Å². The summed E-state index contributed by atoms with van der Waals surface area (Å²) in [6.45, 7) is 2.79. The molecule has 2 aromatic rings. The van der Waals surface area contributed by atoms with Gasteiger partial charge in [-0.1, -0.05) is 11.3 Å². The molecule has 1 saturated heterocycles. The SMILES string of the molecule is O=C(CCN1CCCC(c2ncc[nH]2)C1)Nc1nnc(C2CC2)s1. The van der Waals surface area contributed by atoms with Gasteiger partial charge in [0, 0.05) is 43.7 Å². The highest BCUT2D eigenvalue weighted by molar-refractivity contribution is 7.15. The molecule has 1 aliphatic heterocycles. The predicted octanol–water partition coefficient (Wildman–Crippen LogP) is 2.35. The molecule has 0 aromatic carbocycles. The molecule has 2 aromatic heterocycles. The van der Waals surface area contributed by atoms with Crippen LogP contribution in [0.2, 0.25) is 0 Å². The second-order valence-corrected chi connectivity index (χ2v) is 7.64. The molecule has 1 atom stereocenters. The Bertz CT molecular complexity index is 681. The first-order chi connectivity index (χ1) is 11.8. The Balaban J connectivity index is 1.24. The first-order valence-corrected chi connectivity index (χ1v) is 9.44. The van der Waals surface area contributed by atoms with Crippen molar-refractivity contribution in [2.24, 2.45) is 0 Å². The lowest BCUT2D eigenvalue weighted by atomic mass is 9.97. The predicted molar refractivity (Wildman–Crippen MR) is 92.1 cm³/mol. The summed E-state index contributed by atoms with van der Waals surface area (Å²) < 4.78 is 0. The highest BCUT2D eigenvalue weighted by Gasteiger charge is 2.28. The smallest absolute Gasteiger partial charge is 0.227 e. The lowest BCUT2D eigenvalue weighted by Crippen LogP contribution is -2.36. The molecule has 2 aliphatic rings. The number of hydrogen-bond donors (Lipinski definition) is 2. The fraction of sp³-hybridized carbons (Fsp3) is 0.625. The number of piperidine rings is 1. The van der Waals surface area contributed by atoms with Gasteiger partial charge in [0.1, 0.15) is 10.8 Å². The van der Waals surface area contributed by atoms with Crippen molar-refractivity contribution >= 4 is 22.4 Å². The summed E-state index contributed by atoms with van der Waals surface area (Å²) in [4.78, 5) is 22.1. The summed E-state index contributed by atoms with van der Waals surface area (Å²) in [6, 6.07) is 0. The number of nitrogens with one attached hydrogen (secondary N) is 2. The van der Waals surface area contributed by atoms with Crippen LogP contribution in [0.5, 0.6) is 0 Å². The third kappa shape index (κ3) is 3.81. The van der Waals surface area contributed by atoms with Crippen molar-refractivity contribution in [2.75, 3.05) is 25.0 Å². The van der Waals surface area contributed by atoms with E-state index in [-0.39, 0.29) is 5.91 Å². The summed E-state index contributed by atoms with van der Waals surface area (Å²) in [7, 11) is 0. The van der Waals surface area contributed by atoms with Crippen LogP contribution in [0.1, 0.15) is 54.8 Å². The number of carbonyl (C=O) groups is 1. The fourth-order valence-corrected chi connectivity index (χ4v) is 4.13. The molecule has 1 amide bonds.